The fourth-order valence-electron chi connectivity index (χ4n) is 8.11. The van der Waals surface area contributed by atoms with Gasteiger partial charge in [0.15, 0.2) is 0 Å². The van der Waals surface area contributed by atoms with E-state index in [0.717, 1.165) is 32.1 Å². The molecule has 3 fully saturated rings. The second kappa shape index (κ2) is 12.8. The number of thioether (sulfide) groups is 1. The molecule has 0 saturated carbocycles. The van der Waals surface area contributed by atoms with Gasteiger partial charge in [-0.05, 0) is 71.1 Å². The number of amides is 3. The normalized spacial score (nSPS) is 29.0. The summed E-state index contributed by atoms with van der Waals surface area (Å²) in [5, 5.41) is 9.34. The molecule has 3 rings (SSSR count). The van der Waals surface area contributed by atoms with E-state index in [1.54, 1.807) is 23.9 Å². The third-order valence-corrected chi connectivity index (χ3v) is 11.2. The predicted octanol–water partition coefficient (Wildman–Crippen LogP) is 5.28. The molecule has 0 radical (unpaired) electrons. The average molecular weight is 590 g/mol. The highest BCUT2D eigenvalue weighted by Crippen LogP contribution is 2.71. The van der Waals surface area contributed by atoms with Crippen LogP contribution in [0.5, 0.6) is 0 Å². The maximum Gasteiger partial charge on any atom is 0.247 e. The van der Waals surface area contributed by atoms with E-state index in [9.17, 15) is 19.5 Å². The van der Waals surface area contributed by atoms with Gasteiger partial charge in [-0.15, -0.1) is 24.9 Å². The zero-order valence-corrected chi connectivity index (χ0v) is 27.5. The van der Waals surface area contributed by atoms with Crippen LogP contribution in [0.3, 0.4) is 0 Å². The molecule has 0 aromatic heterocycles. The van der Waals surface area contributed by atoms with E-state index < -0.39 is 32.9 Å². The van der Waals surface area contributed by atoms with E-state index in [1.165, 1.54) is 0 Å². The maximum absolute atomic E-state index is 14.9. The van der Waals surface area contributed by atoms with E-state index >= 15 is 0 Å². The Labute approximate surface area is 253 Å². The minimum Gasteiger partial charge on any atom is -0.396 e. The van der Waals surface area contributed by atoms with Gasteiger partial charge in [0.1, 0.15) is 6.04 Å². The molecule has 1 N–H and O–H groups in total. The van der Waals surface area contributed by atoms with Crippen LogP contribution in [0.2, 0.25) is 0 Å². The van der Waals surface area contributed by atoms with Crippen LogP contribution in [-0.2, 0) is 14.4 Å². The Morgan fingerprint density at radius 3 is 2.29 bits per heavy atom. The van der Waals surface area contributed by atoms with Crippen molar-refractivity contribution < 1.29 is 19.5 Å². The molecule has 3 saturated heterocycles. The maximum atomic E-state index is 14.9. The fraction of sp³-hybridized carbons (Fsp3) is 0.788. The Kier molecular flexibility index (Phi) is 10.5. The Morgan fingerprint density at radius 2 is 1.73 bits per heavy atom. The standard InChI is InChI=1S/C33H55N3O4S/c1-10-18-34(19-11-2)27(38)24-25-28(39)35(21-14-13-15-22-37)26(33(25)17-16-32(24,9)41-33)29(40)36(20-12-3)31(7,8)23-30(4,5)6/h10,12,24-26,37H,1,3,11,13-23H2,2,4-9H3/t24-,25+,26?,32+,33?/m1/s1. The molecule has 1 spiro atoms. The largest absolute Gasteiger partial charge is 0.396 e. The monoisotopic (exact) mass is 589 g/mol. The van der Waals surface area contributed by atoms with Crippen molar-refractivity contribution in [2.45, 2.75) is 114 Å². The second-order valence-corrected chi connectivity index (χ2v) is 16.3. The van der Waals surface area contributed by atoms with Gasteiger partial charge < -0.3 is 19.8 Å². The summed E-state index contributed by atoms with van der Waals surface area (Å²) in [7, 11) is 0. The lowest BCUT2D eigenvalue weighted by molar-refractivity contribution is -0.147. The first-order valence-electron chi connectivity index (χ1n) is 15.6. The van der Waals surface area contributed by atoms with Gasteiger partial charge in [0.2, 0.25) is 17.7 Å². The molecule has 0 aliphatic carbocycles. The Balaban J connectivity index is 2.10. The first-order chi connectivity index (χ1) is 19.1. The summed E-state index contributed by atoms with van der Waals surface area (Å²) in [5.74, 6) is -1.05. The zero-order chi connectivity index (χ0) is 30.8. The summed E-state index contributed by atoms with van der Waals surface area (Å²) in [4.78, 5) is 49.2. The summed E-state index contributed by atoms with van der Waals surface area (Å²) in [5.41, 5.74) is -0.453. The number of unbranched alkanes of at least 4 members (excludes halogenated alkanes) is 2. The predicted molar refractivity (Wildman–Crippen MR) is 169 cm³/mol. The molecule has 41 heavy (non-hydrogen) atoms. The number of hydrogen-bond acceptors (Lipinski definition) is 5. The molecule has 0 aromatic rings. The number of aliphatic hydroxyl groups is 1. The average Bonchev–Trinajstić information content (AvgIpc) is 3.43. The van der Waals surface area contributed by atoms with Gasteiger partial charge in [0.25, 0.3) is 0 Å². The third kappa shape index (κ3) is 6.43. The van der Waals surface area contributed by atoms with Gasteiger partial charge in [-0.2, -0.15) is 0 Å². The zero-order valence-electron chi connectivity index (χ0n) is 26.7. The van der Waals surface area contributed by atoms with Gasteiger partial charge in [-0.1, -0.05) is 39.8 Å². The minimum absolute atomic E-state index is 0.00105. The highest BCUT2D eigenvalue weighted by molar-refractivity contribution is 8.02. The number of fused-ring (bicyclic) bond motifs is 1. The minimum atomic E-state index is -0.635. The summed E-state index contributed by atoms with van der Waals surface area (Å²) < 4.78 is -1.03. The molecule has 0 aromatic carbocycles. The van der Waals surface area contributed by atoms with Crippen LogP contribution >= 0.6 is 11.8 Å². The summed E-state index contributed by atoms with van der Waals surface area (Å²) in [6.07, 6.45) is 8.88. The van der Waals surface area contributed by atoms with Crippen molar-refractivity contribution in [3.05, 3.63) is 25.3 Å². The van der Waals surface area contributed by atoms with Crippen LogP contribution in [0.25, 0.3) is 0 Å². The number of nitrogens with zero attached hydrogens (tertiary/aromatic N) is 3. The van der Waals surface area contributed by atoms with Gasteiger partial charge in [-0.25, -0.2) is 0 Å². The van der Waals surface area contributed by atoms with Crippen LogP contribution in [0.4, 0.5) is 0 Å². The lowest BCUT2D eigenvalue weighted by atomic mass is 9.66. The number of carbonyl (C=O) groups excluding carboxylic acids is 3. The molecule has 3 aliphatic rings. The lowest BCUT2D eigenvalue weighted by Crippen LogP contribution is -2.60. The quantitative estimate of drug-likeness (QED) is 0.208. The Bertz CT molecular complexity index is 1010. The van der Waals surface area contributed by atoms with E-state index in [2.05, 4.69) is 61.6 Å². The van der Waals surface area contributed by atoms with E-state index in [0.29, 0.717) is 39.0 Å². The topological polar surface area (TPSA) is 81.2 Å². The second-order valence-electron chi connectivity index (χ2n) is 14.4. The van der Waals surface area contributed by atoms with Crippen LogP contribution in [0.1, 0.15) is 93.4 Å². The summed E-state index contributed by atoms with van der Waals surface area (Å²) in [6, 6.07) is -0.628. The molecule has 5 atom stereocenters. The van der Waals surface area contributed by atoms with Gasteiger partial charge in [0, 0.05) is 43.1 Å². The first kappa shape index (κ1) is 33.7. The van der Waals surface area contributed by atoms with Crippen LogP contribution < -0.4 is 0 Å². The van der Waals surface area contributed by atoms with E-state index in [1.807, 2.05) is 14.7 Å². The molecular weight excluding hydrogens is 534 g/mol. The molecule has 3 aliphatic heterocycles. The molecule has 2 bridgehead atoms. The molecule has 7 nitrogen and oxygen atoms in total. The van der Waals surface area contributed by atoms with E-state index in [-0.39, 0.29) is 29.7 Å². The van der Waals surface area contributed by atoms with Crippen molar-refractivity contribution in [1.29, 1.82) is 0 Å². The number of hydrogen-bond donors (Lipinski definition) is 1. The number of rotatable bonds is 15. The van der Waals surface area contributed by atoms with Crippen LogP contribution in [0, 0.1) is 17.3 Å². The Hall–Kier alpha value is -1.80. The van der Waals surface area contributed by atoms with Crippen molar-refractivity contribution in [2.75, 3.05) is 32.8 Å². The van der Waals surface area contributed by atoms with Gasteiger partial charge in [-0.3, -0.25) is 14.4 Å². The molecular formula is C33H55N3O4S. The molecule has 8 heteroatoms. The molecule has 232 valence electrons. The first-order valence-corrected chi connectivity index (χ1v) is 16.4. The van der Waals surface area contributed by atoms with Crippen LogP contribution in [0.15, 0.2) is 25.3 Å². The molecule has 3 heterocycles. The highest BCUT2D eigenvalue weighted by atomic mass is 32.2. The van der Waals surface area contributed by atoms with Crippen molar-refractivity contribution in [1.82, 2.24) is 14.7 Å². The van der Waals surface area contributed by atoms with Crippen molar-refractivity contribution in [3.8, 4) is 0 Å². The van der Waals surface area contributed by atoms with E-state index in [4.69, 9.17) is 0 Å². The number of aliphatic hydroxyl groups excluding tert-OH is 1. The Morgan fingerprint density at radius 1 is 1.07 bits per heavy atom. The third-order valence-electron chi connectivity index (χ3n) is 9.26. The SMILES string of the molecule is C=CCN(CCC)C(=O)[C@H]1[C@H]2C(=O)N(CCCCCO)C(C(=O)N(CC=C)C(C)(C)CC(C)(C)C)C23CC[C@]1(C)S3. The van der Waals surface area contributed by atoms with Crippen molar-refractivity contribution in [3.63, 3.8) is 0 Å². The summed E-state index contributed by atoms with van der Waals surface area (Å²) in [6.45, 7) is 24.9. The lowest BCUT2D eigenvalue weighted by Gasteiger charge is -2.46. The van der Waals surface area contributed by atoms with Gasteiger partial charge >= 0.3 is 0 Å². The fourth-order valence-corrected chi connectivity index (χ4v) is 10.5. The highest BCUT2D eigenvalue weighted by Gasteiger charge is 2.77. The number of likely N-dealkylation sites (tertiary alicyclic amines) is 1. The number of carbonyl (C=O) groups is 3. The van der Waals surface area contributed by atoms with Crippen molar-refractivity contribution in [2.24, 2.45) is 17.3 Å². The smallest absolute Gasteiger partial charge is 0.247 e. The van der Waals surface area contributed by atoms with Gasteiger partial charge in [0.05, 0.1) is 16.6 Å². The summed E-state index contributed by atoms with van der Waals surface area (Å²) >= 11 is 1.74. The van der Waals surface area contributed by atoms with Crippen LogP contribution in [-0.4, -0.2) is 91.4 Å². The molecule has 2 unspecified atom stereocenters. The van der Waals surface area contributed by atoms with Crippen molar-refractivity contribution >= 4 is 29.5 Å². The molecule has 3 amide bonds.